The largest absolute Gasteiger partial charge is 0.378 e. The maximum atomic E-state index is 12.8. The van der Waals surface area contributed by atoms with Crippen molar-refractivity contribution in [2.75, 3.05) is 38.3 Å². The summed E-state index contributed by atoms with van der Waals surface area (Å²) in [5.41, 5.74) is 2.25. The number of benzene rings is 1. The maximum Gasteiger partial charge on any atom is 0.245 e. The molecule has 0 radical (unpaired) electrons. The number of nitrogens with zero attached hydrogens (tertiary/aromatic N) is 2. The molecule has 6 nitrogen and oxygen atoms in total. The molecule has 1 aliphatic heterocycles. The summed E-state index contributed by atoms with van der Waals surface area (Å²) in [7, 11) is 1.79. The van der Waals surface area contributed by atoms with Gasteiger partial charge in [-0.1, -0.05) is 32.0 Å². The predicted octanol–water partition coefficient (Wildman–Crippen LogP) is 1.64. The number of carbonyl (C=O) groups is 2. The molecule has 2 amide bonds. The summed E-state index contributed by atoms with van der Waals surface area (Å²) in [6.45, 7) is 8.99. The van der Waals surface area contributed by atoms with E-state index in [1.807, 2.05) is 26.0 Å². The minimum atomic E-state index is -0.502. The molecule has 0 bridgehead atoms. The minimum absolute atomic E-state index is 0.0355. The van der Waals surface area contributed by atoms with Gasteiger partial charge in [0.15, 0.2) is 0 Å². The first-order chi connectivity index (χ1) is 11.9. The SMILES string of the molecule is CC(=O)N[C@H](C(=O)N(C)Cc1ccccc1N1CCOCC1)C(C)C. The zero-order chi connectivity index (χ0) is 18.4. The predicted molar refractivity (Wildman–Crippen MR) is 98.4 cm³/mol. The van der Waals surface area contributed by atoms with Gasteiger partial charge in [-0.25, -0.2) is 0 Å². The fourth-order valence-corrected chi connectivity index (χ4v) is 3.06. The van der Waals surface area contributed by atoms with E-state index in [-0.39, 0.29) is 17.7 Å². The first kappa shape index (κ1) is 19.2. The lowest BCUT2D eigenvalue weighted by Crippen LogP contribution is -2.49. The number of morpholine rings is 1. The summed E-state index contributed by atoms with van der Waals surface area (Å²) in [4.78, 5) is 28.2. The van der Waals surface area contributed by atoms with Crippen LogP contribution in [0.2, 0.25) is 0 Å². The summed E-state index contributed by atoms with van der Waals surface area (Å²) in [5.74, 6) is -0.218. The van der Waals surface area contributed by atoms with E-state index in [1.165, 1.54) is 6.92 Å². The van der Waals surface area contributed by atoms with Crippen molar-refractivity contribution in [1.82, 2.24) is 10.2 Å². The van der Waals surface area contributed by atoms with Gasteiger partial charge in [0.2, 0.25) is 11.8 Å². The monoisotopic (exact) mass is 347 g/mol. The minimum Gasteiger partial charge on any atom is -0.378 e. The number of ether oxygens (including phenoxy) is 1. The molecule has 1 fully saturated rings. The van der Waals surface area contributed by atoms with E-state index in [1.54, 1.807) is 11.9 Å². The molecule has 1 aromatic rings. The van der Waals surface area contributed by atoms with Crippen LogP contribution in [0.25, 0.3) is 0 Å². The van der Waals surface area contributed by atoms with Crippen molar-refractivity contribution >= 4 is 17.5 Å². The van der Waals surface area contributed by atoms with Gasteiger partial charge in [0, 0.05) is 39.3 Å². The Morgan fingerprint density at radius 2 is 1.88 bits per heavy atom. The lowest BCUT2D eigenvalue weighted by Gasteiger charge is -2.32. The highest BCUT2D eigenvalue weighted by Gasteiger charge is 2.26. The highest BCUT2D eigenvalue weighted by atomic mass is 16.5. The van der Waals surface area contributed by atoms with Crippen molar-refractivity contribution in [2.24, 2.45) is 5.92 Å². The van der Waals surface area contributed by atoms with Crippen molar-refractivity contribution in [3.05, 3.63) is 29.8 Å². The van der Waals surface area contributed by atoms with Crippen LogP contribution in [0.1, 0.15) is 26.3 Å². The number of anilines is 1. The third-order valence-corrected chi connectivity index (χ3v) is 4.42. The van der Waals surface area contributed by atoms with E-state index in [2.05, 4.69) is 22.3 Å². The Bertz CT molecular complexity index is 597. The lowest BCUT2D eigenvalue weighted by atomic mass is 10.0. The number of para-hydroxylation sites is 1. The van der Waals surface area contributed by atoms with Crippen LogP contribution in [0, 0.1) is 5.92 Å². The molecule has 0 spiro atoms. The average Bonchev–Trinajstić information content (AvgIpc) is 2.60. The van der Waals surface area contributed by atoms with Crippen molar-refractivity contribution in [1.29, 1.82) is 0 Å². The second kappa shape index (κ2) is 8.85. The molecule has 0 unspecified atom stereocenters. The normalized spacial score (nSPS) is 15.8. The molecule has 0 saturated carbocycles. The summed E-state index contributed by atoms with van der Waals surface area (Å²) in [5, 5.41) is 2.77. The summed E-state index contributed by atoms with van der Waals surface area (Å²) >= 11 is 0. The van der Waals surface area contributed by atoms with Crippen LogP contribution in [0.5, 0.6) is 0 Å². The molecule has 1 saturated heterocycles. The van der Waals surface area contributed by atoms with Crippen LogP contribution in [0.3, 0.4) is 0 Å². The number of nitrogens with one attached hydrogen (secondary N) is 1. The fourth-order valence-electron chi connectivity index (χ4n) is 3.06. The lowest BCUT2D eigenvalue weighted by molar-refractivity contribution is -0.136. The van der Waals surface area contributed by atoms with Gasteiger partial charge >= 0.3 is 0 Å². The Hall–Kier alpha value is -2.08. The van der Waals surface area contributed by atoms with Crippen molar-refractivity contribution < 1.29 is 14.3 Å². The third-order valence-electron chi connectivity index (χ3n) is 4.42. The van der Waals surface area contributed by atoms with Gasteiger partial charge in [-0.05, 0) is 17.5 Å². The molecule has 138 valence electrons. The van der Waals surface area contributed by atoms with Crippen LogP contribution in [0.15, 0.2) is 24.3 Å². The Kier molecular flexibility index (Phi) is 6.82. The van der Waals surface area contributed by atoms with E-state index < -0.39 is 6.04 Å². The third kappa shape index (κ3) is 5.19. The number of hydrogen-bond acceptors (Lipinski definition) is 4. The molecular formula is C19H29N3O3. The van der Waals surface area contributed by atoms with Crippen molar-refractivity contribution in [3.63, 3.8) is 0 Å². The van der Waals surface area contributed by atoms with Gasteiger partial charge < -0.3 is 19.9 Å². The molecular weight excluding hydrogens is 318 g/mol. The number of carbonyl (C=O) groups excluding carboxylic acids is 2. The standard InChI is InChI=1S/C19H29N3O3/c1-14(2)18(20-15(3)23)19(24)21(4)13-16-7-5-6-8-17(16)22-9-11-25-12-10-22/h5-8,14,18H,9-13H2,1-4H3,(H,20,23)/t18-/m0/s1. The topological polar surface area (TPSA) is 61.9 Å². The molecule has 0 aromatic heterocycles. The molecule has 2 rings (SSSR count). The summed E-state index contributed by atoms with van der Waals surface area (Å²) in [6, 6.07) is 7.65. The second-order valence-corrected chi connectivity index (χ2v) is 6.84. The molecule has 1 aliphatic rings. The molecule has 1 heterocycles. The van der Waals surface area contributed by atoms with Crippen LogP contribution >= 0.6 is 0 Å². The van der Waals surface area contributed by atoms with Crippen LogP contribution in [-0.4, -0.2) is 56.1 Å². The molecule has 25 heavy (non-hydrogen) atoms. The summed E-state index contributed by atoms with van der Waals surface area (Å²) in [6.07, 6.45) is 0. The van der Waals surface area contributed by atoms with Crippen molar-refractivity contribution in [3.8, 4) is 0 Å². The van der Waals surface area contributed by atoms with Gasteiger partial charge in [-0.3, -0.25) is 9.59 Å². The zero-order valence-electron chi connectivity index (χ0n) is 15.6. The highest BCUT2D eigenvalue weighted by Crippen LogP contribution is 2.23. The molecule has 0 aliphatic carbocycles. The smallest absolute Gasteiger partial charge is 0.245 e. The van der Waals surface area contributed by atoms with Gasteiger partial charge in [-0.15, -0.1) is 0 Å². The molecule has 1 N–H and O–H groups in total. The van der Waals surface area contributed by atoms with Crippen LogP contribution in [0.4, 0.5) is 5.69 Å². The molecule has 6 heteroatoms. The van der Waals surface area contributed by atoms with E-state index in [4.69, 9.17) is 4.74 Å². The molecule has 1 aromatic carbocycles. The van der Waals surface area contributed by atoms with Gasteiger partial charge in [0.1, 0.15) is 6.04 Å². The van der Waals surface area contributed by atoms with Crippen LogP contribution in [-0.2, 0) is 20.9 Å². The number of hydrogen-bond donors (Lipinski definition) is 1. The summed E-state index contributed by atoms with van der Waals surface area (Å²) < 4.78 is 5.43. The van der Waals surface area contributed by atoms with Crippen molar-refractivity contribution in [2.45, 2.75) is 33.4 Å². The Labute approximate surface area is 150 Å². The second-order valence-electron chi connectivity index (χ2n) is 6.84. The Balaban J connectivity index is 2.12. The van der Waals surface area contributed by atoms with Gasteiger partial charge in [0.05, 0.1) is 13.2 Å². The quantitative estimate of drug-likeness (QED) is 0.850. The molecule has 1 atom stereocenters. The number of amides is 2. The van der Waals surface area contributed by atoms with Crippen LogP contribution < -0.4 is 10.2 Å². The van der Waals surface area contributed by atoms with Gasteiger partial charge in [-0.2, -0.15) is 0 Å². The maximum absolute atomic E-state index is 12.8. The highest BCUT2D eigenvalue weighted by molar-refractivity contribution is 5.87. The Morgan fingerprint density at radius 1 is 1.24 bits per heavy atom. The van der Waals surface area contributed by atoms with E-state index in [9.17, 15) is 9.59 Å². The fraction of sp³-hybridized carbons (Fsp3) is 0.579. The van der Waals surface area contributed by atoms with Gasteiger partial charge in [0.25, 0.3) is 0 Å². The average molecular weight is 347 g/mol. The zero-order valence-corrected chi connectivity index (χ0v) is 15.6. The first-order valence-corrected chi connectivity index (χ1v) is 8.82. The Morgan fingerprint density at radius 3 is 2.48 bits per heavy atom. The van der Waals surface area contributed by atoms with E-state index in [0.29, 0.717) is 6.54 Å². The van der Waals surface area contributed by atoms with E-state index in [0.717, 1.165) is 37.6 Å². The first-order valence-electron chi connectivity index (χ1n) is 8.82. The number of rotatable bonds is 6. The van der Waals surface area contributed by atoms with E-state index >= 15 is 0 Å². The number of likely N-dealkylation sites (N-methyl/N-ethyl adjacent to an activating group) is 1.